The topological polar surface area (TPSA) is 74.3 Å². The molecule has 1 aromatic rings. The summed E-state index contributed by atoms with van der Waals surface area (Å²) in [5, 5.41) is 3.04. The summed E-state index contributed by atoms with van der Waals surface area (Å²) in [7, 11) is -3.46. The summed E-state index contributed by atoms with van der Waals surface area (Å²) < 4.78 is 26.9. The highest BCUT2D eigenvalue weighted by molar-refractivity contribution is 7.99. The standard InChI is InChI=1S/C13H22N4O2S2/c1-2-14-13-4-3-12(11-15-13)21(18,19)16-5-6-17-7-9-20-10-8-17/h3-4,11,16H,2,5-10H2,1H3,(H,14,15). The molecule has 0 aromatic carbocycles. The maximum absolute atomic E-state index is 12.1. The molecule has 2 heterocycles. The van der Waals surface area contributed by atoms with Crippen LogP contribution in [-0.4, -0.2) is 62.5 Å². The van der Waals surface area contributed by atoms with Crippen molar-refractivity contribution in [3.05, 3.63) is 18.3 Å². The number of sulfonamides is 1. The van der Waals surface area contributed by atoms with Gasteiger partial charge in [0.25, 0.3) is 0 Å². The third kappa shape index (κ3) is 5.14. The van der Waals surface area contributed by atoms with Gasteiger partial charge in [0.05, 0.1) is 0 Å². The van der Waals surface area contributed by atoms with Crippen LogP contribution in [0.3, 0.4) is 0 Å². The summed E-state index contributed by atoms with van der Waals surface area (Å²) in [6.07, 6.45) is 1.39. The first-order valence-electron chi connectivity index (χ1n) is 7.11. The Morgan fingerprint density at radius 1 is 1.33 bits per heavy atom. The molecule has 0 saturated carbocycles. The van der Waals surface area contributed by atoms with Crippen LogP contribution in [0.4, 0.5) is 5.82 Å². The largest absolute Gasteiger partial charge is 0.370 e. The fourth-order valence-electron chi connectivity index (χ4n) is 2.07. The molecule has 1 saturated heterocycles. The molecule has 1 fully saturated rings. The molecule has 0 spiro atoms. The minimum Gasteiger partial charge on any atom is -0.370 e. The molecule has 21 heavy (non-hydrogen) atoms. The van der Waals surface area contributed by atoms with Crippen molar-refractivity contribution in [1.82, 2.24) is 14.6 Å². The summed E-state index contributed by atoms with van der Waals surface area (Å²) in [6.45, 7) is 5.97. The highest BCUT2D eigenvalue weighted by atomic mass is 32.2. The molecule has 0 aliphatic carbocycles. The van der Waals surface area contributed by atoms with Crippen molar-refractivity contribution >= 4 is 27.6 Å². The molecular formula is C13H22N4O2S2. The van der Waals surface area contributed by atoms with Gasteiger partial charge in [-0.3, -0.25) is 0 Å². The van der Waals surface area contributed by atoms with Crippen molar-refractivity contribution in [1.29, 1.82) is 0 Å². The zero-order valence-corrected chi connectivity index (χ0v) is 13.8. The van der Waals surface area contributed by atoms with E-state index >= 15 is 0 Å². The lowest BCUT2D eigenvalue weighted by Crippen LogP contribution is -2.39. The molecule has 0 unspecified atom stereocenters. The van der Waals surface area contributed by atoms with Gasteiger partial charge in [-0.15, -0.1) is 0 Å². The number of thioether (sulfide) groups is 1. The van der Waals surface area contributed by atoms with Gasteiger partial charge in [0, 0.05) is 50.4 Å². The lowest BCUT2D eigenvalue weighted by molar-refractivity contribution is 0.307. The molecular weight excluding hydrogens is 308 g/mol. The number of nitrogens with zero attached hydrogens (tertiary/aromatic N) is 2. The van der Waals surface area contributed by atoms with Gasteiger partial charge in [-0.1, -0.05) is 0 Å². The van der Waals surface area contributed by atoms with E-state index in [1.807, 2.05) is 18.7 Å². The molecule has 1 aromatic heterocycles. The third-order valence-corrected chi connectivity index (χ3v) is 5.62. The van der Waals surface area contributed by atoms with Gasteiger partial charge in [0.15, 0.2) is 0 Å². The quantitative estimate of drug-likeness (QED) is 0.772. The normalized spacial score (nSPS) is 16.8. The van der Waals surface area contributed by atoms with E-state index in [0.29, 0.717) is 12.4 Å². The molecule has 1 aliphatic heterocycles. The van der Waals surface area contributed by atoms with E-state index in [1.165, 1.54) is 6.20 Å². The van der Waals surface area contributed by atoms with Crippen LogP contribution in [0.15, 0.2) is 23.2 Å². The van der Waals surface area contributed by atoms with E-state index in [4.69, 9.17) is 0 Å². The zero-order chi connectivity index (χ0) is 15.1. The van der Waals surface area contributed by atoms with Crippen LogP contribution in [-0.2, 0) is 10.0 Å². The van der Waals surface area contributed by atoms with E-state index < -0.39 is 10.0 Å². The van der Waals surface area contributed by atoms with E-state index in [0.717, 1.165) is 37.7 Å². The molecule has 2 rings (SSSR count). The van der Waals surface area contributed by atoms with Crippen molar-refractivity contribution < 1.29 is 8.42 Å². The highest BCUT2D eigenvalue weighted by Crippen LogP contribution is 2.11. The zero-order valence-electron chi connectivity index (χ0n) is 12.2. The molecule has 8 heteroatoms. The van der Waals surface area contributed by atoms with Gasteiger partial charge >= 0.3 is 0 Å². The summed E-state index contributed by atoms with van der Waals surface area (Å²) in [5.74, 6) is 2.94. The smallest absolute Gasteiger partial charge is 0.242 e. The third-order valence-electron chi connectivity index (χ3n) is 3.23. The molecule has 118 valence electrons. The molecule has 0 amide bonds. The first-order chi connectivity index (χ1) is 10.1. The van der Waals surface area contributed by atoms with Crippen molar-refractivity contribution in [2.24, 2.45) is 0 Å². The van der Waals surface area contributed by atoms with Crippen LogP contribution in [0.25, 0.3) is 0 Å². The number of pyridine rings is 1. The predicted octanol–water partition coefficient (Wildman–Crippen LogP) is 0.841. The summed E-state index contributed by atoms with van der Waals surface area (Å²) in [5.41, 5.74) is 0. The Balaban J connectivity index is 1.85. The van der Waals surface area contributed by atoms with Crippen molar-refractivity contribution in [2.75, 3.05) is 49.5 Å². The van der Waals surface area contributed by atoms with Gasteiger partial charge < -0.3 is 10.2 Å². The Labute approximate surface area is 130 Å². The molecule has 0 bridgehead atoms. The molecule has 0 atom stereocenters. The Hall–Kier alpha value is -0.830. The number of anilines is 1. The lowest BCUT2D eigenvalue weighted by atomic mass is 10.4. The first-order valence-corrected chi connectivity index (χ1v) is 9.75. The maximum Gasteiger partial charge on any atom is 0.242 e. The molecule has 1 aliphatic rings. The van der Waals surface area contributed by atoms with E-state index in [-0.39, 0.29) is 4.90 Å². The summed E-state index contributed by atoms with van der Waals surface area (Å²) in [4.78, 5) is 6.58. The SMILES string of the molecule is CCNc1ccc(S(=O)(=O)NCCN2CCSCC2)cn1. The number of hydrogen-bond acceptors (Lipinski definition) is 6. The second-order valence-corrected chi connectivity index (χ2v) is 7.75. The second kappa shape index (κ2) is 7.98. The van der Waals surface area contributed by atoms with Crippen LogP contribution in [0.2, 0.25) is 0 Å². The average molecular weight is 330 g/mol. The van der Waals surface area contributed by atoms with Crippen molar-refractivity contribution in [3.8, 4) is 0 Å². The maximum atomic E-state index is 12.1. The number of hydrogen-bond donors (Lipinski definition) is 2. The van der Waals surface area contributed by atoms with Gasteiger partial charge in [-0.05, 0) is 19.1 Å². The second-order valence-electron chi connectivity index (χ2n) is 4.76. The molecule has 0 radical (unpaired) electrons. The summed E-state index contributed by atoms with van der Waals surface area (Å²) >= 11 is 1.95. The molecule has 6 nitrogen and oxygen atoms in total. The van der Waals surface area contributed by atoms with Crippen LogP contribution >= 0.6 is 11.8 Å². The highest BCUT2D eigenvalue weighted by Gasteiger charge is 2.15. The molecule has 2 N–H and O–H groups in total. The minimum atomic E-state index is -3.46. The fraction of sp³-hybridized carbons (Fsp3) is 0.615. The Morgan fingerprint density at radius 3 is 2.71 bits per heavy atom. The van der Waals surface area contributed by atoms with Crippen molar-refractivity contribution in [3.63, 3.8) is 0 Å². The van der Waals surface area contributed by atoms with E-state index in [1.54, 1.807) is 12.1 Å². The van der Waals surface area contributed by atoms with Crippen LogP contribution < -0.4 is 10.0 Å². The van der Waals surface area contributed by atoms with Crippen LogP contribution in [0.1, 0.15) is 6.92 Å². The Kier molecular flexibility index (Phi) is 6.28. The predicted molar refractivity (Wildman–Crippen MR) is 87.4 cm³/mol. The monoisotopic (exact) mass is 330 g/mol. The van der Waals surface area contributed by atoms with E-state index in [9.17, 15) is 8.42 Å². The number of aromatic nitrogens is 1. The Morgan fingerprint density at radius 2 is 2.10 bits per heavy atom. The average Bonchev–Trinajstić information content (AvgIpc) is 2.49. The van der Waals surface area contributed by atoms with E-state index in [2.05, 4.69) is 19.9 Å². The van der Waals surface area contributed by atoms with Crippen LogP contribution in [0, 0.1) is 0 Å². The summed E-state index contributed by atoms with van der Waals surface area (Å²) in [6, 6.07) is 3.25. The first kappa shape index (κ1) is 16.5. The number of nitrogens with one attached hydrogen (secondary N) is 2. The van der Waals surface area contributed by atoms with Gasteiger partial charge in [-0.2, -0.15) is 11.8 Å². The van der Waals surface area contributed by atoms with Gasteiger partial charge in [-0.25, -0.2) is 18.1 Å². The van der Waals surface area contributed by atoms with Crippen molar-refractivity contribution in [2.45, 2.75) is 11.8 Å². The fourth-order valence-corrected chi connectivity index (χ4v) is 4.02. The Bertz CT molecular complexity index is 528. The van der Waals surface area contributed by atoms with Gasteiger partial charge in [0.2, 0.25) is 10.0 Å². The van der Waals surface area contributed by atoms with Gasteiger partial charge in [0.1, 0.15) is 10.7 Å². The lowest BCUT2D eigenvalue weighted by Gasteiger charge is -2.25. The minimum absolute atomic E-state index is 0.207. The van der Waals surface area contributed by atoms with Crippen LogP contribution in [0.5, 0.6) is 0 Å². The number of rotatable bonds is 7.